The molecule has 0 radical (unpaired) electrons. The summed E-state index contributed by atoms with van der Waals surface area (Å²) >= 11 is 3.63. The summed E-state index contributed by atoms with van der Waals surface area (Å²) in [6.07, 6.45) is 0. The average molecular weight is 333 g/mol. The molecule has 0 bridgehead atoms. The van der Waals surface area contributed by atoms with Crippen LogP contribution in [-0.4, -0.2) is 14.1 Å². The van der Waals surface area contributed by atoms with E-state index in [1.165, 1.54) is 28.1 Å². The molecule has 2 rings (SSSR count). The fourth-order valence-corrected chi connectivity index (χ4v) is 3.06. The van der Waals surface area contributed by atoms with Crippen LogP contribution in [0.3, 0.4) is 0 Å². The number of anilines is 2. The fraction of sp³-hybridized carbons (Fsp3) is 0.294. The second-order valence-electron chi connectivity index (χ2n) is 5.35. The van der Waals surface area contributed by atoms with Crippen LogP contribution in [0.15, 0.2) is 40.9 Å². The summed E-state index contributed by atoms with van der Waals surface area (Å²) in [5.41, 5.74) is 6.22. The van der Waals surface area contributed by atoms with E-state index in [-0.39, 0.29) is 0 Å². The molecular weight excluding hydrogens is 312 g/mol. The molecule has 2 aromatic carbocycles. The molecule has 106 valence electrons. The van der Waals surface area contributed by atoms with Crippen molar-refractivity contribution in [3.05, 3.63) is 57.6 Å². The van der Waals surface area contributed by atoms with E-state index in [2.05, 4.69) is 90.5 Å². The van der Waals surface area contributed by atoms with E-state index in [0.29, 0.717) is 0 Å². The first-order valence-electron chi connectivity index (χ1n) is 6.74. The van der Waals surface area contributed by atoms with Crippen molar-refractivity contribution in [2.24, 2.45) is 0 Å². The van der Waals surface area contributed by atoms with E-state index in [9.17, 15) is 0 Å². The Bertz CT molecular complexity index is 565. The van der Waals surface area contributed by atoms with Gasteiger partial charge < -0.3 is 10.2 Å². The van der Waals surface area contributed by atoms with Gasteiger partial charge in [-0.2, -0.15) is 0 Å². The number of halogens is 1. The third kappa shape index (κ3) is 3.54. The third-order valence-corrected chi connectivity index (χ3v) is 3.98. The molecule has 0 atom stereocenters. The minimum Gasteiger partial charge on any atom is -0.380 e. The number of nitrogens with one attached hydrogen (secondary N) is 1. The van der Waals surface area contributed by atoms with Crippen molar-refractivity contribution < 1.29 is 0 Å². The van der Waals surface area contributed by atoms with Gasteiger partial charge in [-0.1, -0.05) is 18.2 Å². The predicted molar refractivity (Wildman–Crippen MR) is 91.7 cm³/mol. The van der Waals surface area contributed by atoms with Gasteiger partial charge in [-0.25, -0.2) is 0 Å². The van der Waals surface area contributed by atoms with Crippen molar-refractivity contribution in [3.8, 4) is 0 Å². The van der Waals surface area contributed by atoms with Gasteiger partial charge in [0.1, 0.15) is 0 Å². The van der Waals surface area contributed by atoms with Crippen LogP contribution in [0.25, 0.3) is 0 Å². The SMILES string of the molecule is Cc1cc(C)c(NCc2ccc(N(C)C)cc2)c(Br)c1. The highest BCUT2D eigenvalue weighted by molar-refractivity contribution is 9.10. The molecule has 0 spiro atoms. The maximum Gasteiger partial charge on any atom is 0.0517 e. The number of benzene rings is 2. The third-order valence-electron chi connectivity index (χ3n) is 3.35. The Morgan fingerprint density at radius 2 is 1.70 bits per heavy atom. The molecule has 0 amide bonds. The number of rotatable bonds is 4. The van der Waals surface area contributed by atoms with E-state index >= 15 is 0 Å². The molecule has 0 heterocycles. The molecule has 0 aliphatic rings. The van der Waals surface area contributed by atoms with Gasteiger partial charge in [0, 0.05) is 30.8 Å². The standard InChI is InChI=1S/C17H21BrN2/c1-12-9-13(2)17(16(18)10-12)19-11-14-5-7-15(8-6-14)20(3)4/h5-10,19H,11H2,1-4H3. The predicted octanol–water partition coefficient (Wildman–Crippen LogP) is 4.74. The summed E-state index contributed by atoms with van der Waals surface area (Å²) in [5.74, 6) is 0. The zero-order chi connectivity index (χ0) is 14.7. The summed E-state index contributed by atoms with van der Waals surface area (Å²) in [4.78, 5) is 2.11. The molecule has 0 unspecified atom stereocenters. The quantitative estimate of drug-likeness (QED) is 0.869. The van der Waals surface area contributed by atoms with E-state index in [4.69, 9.17) is 0 Å². The van der Waals surface area contributed by atoms with Crippen LogP contribution in [0.4, 0.5) is 11.4 Å². The number of hydrogen-bond donors (Lipinski definition) is 1. The Labute approximate surface area is 129 Å². The van der Waals surface area contributed by atoms with Gasteiger partial charge in [-0.05, 0) is 64.7 Å². The van der Waals surface area contributed by atoms with Crippen LogP contribution in [0.2, 0.25) is 0 Å². The lowest BCUT2D eigenvalue weighted by Gasteiger charge is -2.15. The van der Waals surface area contributed by atoms with Crippen molar-refractivity contribution in [3.63, 3.8) is 0 Å². The van der Waals surface area contributed by atoms with E-state index in [1.807, 2.05) is 0 Å². The summed E-state index contributed by atoms with van der Waals surface area (Å²) < 4.78 is 1.12. The molecule has 2 aromatic rings. The number of nitrogens with zero attached hydrogens (tertiary/aromatic N) is 1. The maximum absolute atomic E-state index is 3.63. The highest BCUT2D eigenvalue weighted by Crippen LogP contribution is 2.28. The Morgan fingerprint density at radius 3 is 2.25 bits per heavy atom. The monoisotopic (exact) mass is 332 g/mol. The molecule has 0 aliphatic heterocycles. The molecular formula is C17H21BrN2. The largest absolute Gasteiger partial charge is 0.380 e. The minimum absolute atomic E-state index is 0.830. The van der Waals surface area contributed by atoms with Crippen molar-refractivity contribution >= 4 is 27.3 Å². The van der Waals surface area contributed by atoms with E-state index in [0.717, 1.165) is 11.0 Å². The lowest BCUT2D eigenvalue weighted by molar-refractivity contribution is 1.10. The molecule has 0 aliphatic carbocycles. The smallest absolute Gasteiger partial charge is 0.0517 e. The lowest BCUT2D eigenvalue weighted by Crippen LogP contribution is -2.08. The molecule has 1 N–H and O–H groups in total. The topological polar surface area (TPSA) is 15.3 Å². The van der Waals surface area contributed by atoms with Gasteiger partial charge in [0.2, 0.25) is 0 Å². The normalized spacial score (nSPS) is 10.4. The van der Waals surface area contributed by atoms with Crippen molar-refractivity contribution in [2.45, 2.75) is 20.4 Å². The van der Waals surface area contributed by atoms with Crippen LogP contribution < -0.4 is 10.2 Å². The zero-order valence-corrected chi connectivity index (χ0v) is 14.1. The summed E-state index contributed by atoms with van der Waals surface area (Å²) in [6, 6.07) is 13.0. The molecule has 2 nitrogen and oxygen atoms in total. The molecule has 0 saturated carbocycles. The second kappa shape index (κ2) is 6.31. The maximum atomic E-state index is 3.63. The van der Waals surface area contributed by atoms with E-state index in [1.54, 1.807) is 0 Å². The van der Waals surface area contributed by atoms with Crippen LogP contribution in [0, 0.1) is 13.8 Å². The van der Waals surface area contributed by atoms with Gasteiger partial charge in [0.05, 0.1) is 5.69 Å². The van der Waals surface area contributed by atoms with Crippen molar-refractivity contribution in [2.75, 3.05) is 24.3 Å². The Balaban J connectivity index is 2.09. The van der Waals surface area contributed by atoms with Gasteiger partial charge >= 0.3 is 0 Å². The first-order chi connectivity index (χ1) is 9.47. The highest BCUT2D eigenvalue weighted by Gasteiger charge is 2.05. The Morgan fingerprint density at radius 1 is 1.05 bits per heavy atom. The van der Waals surface area contributed by atoms with Gasteiger partial charge in [-0.3, -0.25) is 0 Å². The van der Waals surface area contributed by atoms with Gasteiger partial charge in [0.25, 0.3) is 0 Å². The zero-order valence-electron chi connectivity index (χ0n) is 12.5. The lowest BCUT2D eigenvalue weighted by atomic mass is 10.1. The Hall–Kier alpha value is -1.48. The molecule has 0 saturated heterocycles. The molecule has 20 heavy (non-hydrogen) atoms. The van der Waals surface area contributed by atoms with Gasteiger partial charge in [-0.15, -0.1) is 0 Å². The summed E-state index contributed by atoms with van der Waals surface area (Å²) in [5, 5.41) is 3.51. The Kier molecular flexibility index (Phi) is 4.71. The number of hydrogen-bond acceptors (Lipinski definition) is 2. The van der Waals surface area contributed by atoms with E-state index < -0.39 is 0 Å². The van der Waals surface area contributed by atoms with Gasteiger partial charge in [0.15, 0.2) is 0 Å². The number of aryl methyl sites for hydroxylation is 2. The highest BCUT2D eigenvalue weighted by atomic mass is 79.9. The van der Waals surface area contributed by atoms with Crippen LogP contribution >= 0.6 is 15.9 Å². The van der Waals surface area contributed by atoms with Crippen LogP contribution in [-0.2, 0) is 6.54 Å². The summed E-state index contributed by atoms with van der Waals surface area (Å²) in [7, 11) is 4.11. The average Bonchev–Trinajstić information content (AvgIpc) is 2.38. The molecule has 0 fully saturated rings. The summed E-state index contributed by atoms with van der Waals surface area (Å²) in [6.45, 7) is 5.08. The fourth-order valence-electron chi connectivity index (χ4n) is 2.24. The van der Waals surface area contributed by atoms with Crippen LogP contribution in [0.5, 0.6) is 0 Å². The van der Waals surface area contributed by atoms with Crippen molar-refractivity contribution in [1.29, 1.82) is 0 Å². The minimum atomic E-state index is 0.830. The van der Waals surface area contributed by atoms with Crippen molar-refractivity contribution in [1.82, 2.24) is 0 Å². The molecule has 3 heteroatoms. The van der Waals surface area contributed by atoms with Crippen LogP contribution in [0.1, 0.15) is 16.7 Å². The first kappa shape index (κ1) is 14.9. The molecule has 0 aromatic heterocycles. The first-order valence-corrected chi connectivity index (χ1v) is 7.53. The second-order valence-corrected chi connectivity index (χ2v) is 6.21.